The van der Waals surface area contributed by atoms with Gasteiger partial charge < -0.3 is 10.8 Å². The molecule has 2 rings (SSSR count). The summed E-state index contributed by atoms with van der Waals surface area (Å²) < 4.78 is 3.76. The fraction of sp³-hybridized carbons (Fsp3) is 0.571. The predicted octanol–water partition coefficient (Wildman–Crippen LogP) is 0.0897. The standard InChI is InChI=1S/C14H24N6O/c1-3-20-10-12(8-16-20)9-19(4-5-21)11-14-6-13(7-15)17-18(14)2/h6,8,10,21H,3-5,7,9,11,15H2,1-2H3. The average Bonchev–Trinajstić information content (AvgIpc) is 3.06. The molecule has 2 heterocycles. The highest BCUT2D eigenvalue weighted by Crippen LogP contribution is 2.10. The Morgan fingerprint density at radius 3 is 2.76 bits per heavy atom. The molecule has 0 fully saturated rings. The second-order valence-electron chi connectivity index (χ2n) is 5.09. The van der Waals surface area contributed by atoms with Gasteiger partial charge in [-0.25, -0.2) is 0 Å². The van der Waals surface area contributed by atoms with E-state index in [1.807, 2.05) is 34.9 Å². The number of hydrogen-bond donors (Lipinski definition) is 2. The van der Waals surface area contributed by atoms with Crippen molar-refractivity contribution in [2.24, 2.45) is 12.8 Å². The molecule has 0 bridgehead atoms. The molecule has 0 aliphatic heterocycles. The molecule has 0 saturated heterocycles. The normalized spacial score (nSPS) is 11.5. The summed E-state index contributed by atoms with van der Waals surface area (Å²) in [7, 11) is 1.92. The molecule has 2 aromatic heterocycles. The van der Waals surface area contributed by atoms with Crippen molar-refractivity contribution in [1.82, 2.24) is 24.5 Å². The summed E-state index contributed by atoms with van der Waals surface area (Å²) in [6, 6.07) is 2.01. The zero-order valence-electron chi connectivity index (χ0n) is 12.7. The predicted molar refractivity (Wildman–Crippen MR) is 80.2 cm³/mol. The maximum absolute atomic E-state index is 9.26. The zero-order valence-corrected chi connectivity index (χ0v) is 12.7. The van der Waals surface area contributed by atoms with E-state index in [1.54, 1.807) is 0 Å². The van der Waals surface area contributed by atoms with Crippen LogP contribution in [-0.4, -0.2) is 42.7 Å². The zero-order chi connectivity index (χ0) is 15.2. The summed E-state index contributed by atoms with van der Waals surface area (Å²) in [4.78, 5) is 2.17. The molecule has 0 unspecified atom stereocenters. The van der Waals surface area contributed by atoms with E-state index in [0.717, 1.165) is 36.6 Å². The molecule has 0 spiro atoms. The first-order chi connectivity index (χ1) is 10.2. The molecular formula is C14H24N6O. The van der Waals surface area contributed by atoms with Crippen molar-refractivity contribution >= 4 is 0 Å². The van der Waals surface area contributed by atoms with Gasteiger partial charge in [-0.2, -0.15) is 10.2 Å². The monoisotopic (exact) mass is 292 g/mol. The molecule has 0 aromatic carbocycles. The Kier molecular flexibility index (Phi) is 5.49. The SMILES string of the molecule is CCn1cc(CN(CCO)Cc2cc(CN)nn2C)cn1. The number of nitrogens with two attached hydrogens (primary N) is 1. The molecule has 7 nitrogen and oxygen atoms in total. The van der Waals surface area contributed by atoms with Gasteiger partial charge in [-0.3, -0.25) is 14.3 Å². The van der Waals surface area contributed by atoms with E-state index in [1.165, 1.54) is 0 Å². The first-order valence-electron chi connectivity index (χ1n) is 7.22. The van der Waals surface area contributed by atoms with Gasteiger partial charge >= 0.3 is 0 Å². The minimum Gasteiger partial charge on any atom is -0.395 e. The number of aliphatic hydroxyl groups is 1. The highest BCUT2D eigenvalue weighted by molar-refractivity contribution is 5.11. The van der Waals surface area contributed by atoms with E-state index in [-0.39, 0.29) is 6.61 Å². The van der Waals surface area contributed by atoms with Crippen LogP contribution in [0.15, 0.2) is 18.5 Å². The third kappa shape index (κ3) is 4.13. The molecule has 0 amide bonds. The van der Waals surface area contributed by atoms with Crippen LogP contribution in [0.1, 0.15) is 23.9 Å². The van der Waals surface area contributed by atoms with Gasteiger partial charge in [-0.05, 0) is 13.0 Å². The maximum atomic E-state index is 9.26. The molecule has 0 saturated carbocycles. The third-order valence-corrected chi connectivity index (χ3v) is 3.46. The Hall–Kier alpha value is -1.70. The van der Waals surface area contributed by atoms with Gasteiger partial charge in [-0.15, -0.1) is 0 Å². The number of aryl methyl sites for hydroxylation is 2. The van der Waals surface area contributed by atoms with Gasteiger partial charge in [0.2, 0.25) is 0 Å². The molecule has 0 radical (unpaired) electrons. The van der Waals surface area contributed by atoms with Crippen molar-refractivity contribution < 1.29 is 5.11 Å². The topological polar surface area (TPSA) is 85.1 Å². The first-order valence-corrected chi connectivity index (χ1v) is 7.22. The molecule has 116 valence electrons. The molecule has 3 N–H and O–H groups in total. The second-order valence-corrected chi connectivity index (χ2v) is 5.09. The lowest BCUT2D eigenvalue weighted by Gasteiger charge is -2.20. The lowest BCUT2D eigenvalue weighted by molar-refractivity contribution is 0.181. The van der Waals surface area contributed by atoms with Gasteiger partial charge in [0, 0.05) is 51.5 Å². The van der Waals surface area contributed by atoms with Crippen molar-refractivity contribution in [3.63, 3.8) is 0 Å². The minimum absolute atomic E-state index is 0.128. The number of rotatable bonds is 8. The van der Waals surface area contributed by atoms with Gasteiger partial charge in [0.1, 0.15) is 0 Å². The van der Waals surface area contributed by atoms with Gasteiger partial charge in [0.25, 0.3) is 0 Å². The van der Waals surface area contributed by atoms with Crippen LogP contribution in [0.25, 0.3) is 0 Å². The van der Waals surface area contributed by atoms with Crippen LogP contribution in [0, 0.1) is 0 Å². The molecular weight excluding hydrogens is 268 g/mol. The summed E-state index contributed by atoms with van der Waals surface area (Å²) in [6.45, 7) is 5.58. The first kappa shape index (κ1) is 15.7. The third-order valence-electron chi connectivity index (χ3n) is 3.46. The van der Waals surface area contributed by atoms with Crippen LogP contribution in [0.2, 0.25) is 0 Å². The van der Waals surface area contributed by atoms with Crippen LogP contribution in [0.4, 0.5) is 0 Å². The van der Waals surface area contributed by atoms with E-state index in [0.29, 0.717) is 13.1 Å². The highest BCUT2D eigenvalue weighted by atomic mass is 16.3. The molecule has 0 aliphatic carbocycles. The number of hydrogen-bond acceptors (Lipinski definition) is 5. The largest absolute Gasteiger partial charge is 0.395 e. The van der Waals surface area contributed by atoms with Crippen LogP contribution < -0.4 is 5.73 Å². The minimum atomic E-state index is 0.128. The average molecular weight is 292 g/mol. The van der Waals surface area contributed by atoms with Crippen molar-refractivity contribution in [1.29, 1.82) is 0 Å². The lowest BCUT2D eigenvalue weighted by atomic mass is 10.3. The lowest BCUT2D eigenvalue weighted by Crippen LogP contribution is -2.27. The summed E-state index contributed by atoms with van der Waals surface area (Å²) in [6.07, 6.45) is 3.92. The van der Waals surface area contributed by atoms with Crippen molar-refractivity contribution in [3.8, 4) is 0 Å². The summed E-state index contributed by atoms with van der Waals surface area (Å²) in [5, 5.41) is 17.9. The van der Waals surface area contributed by atoms with Crippen LogP contribution in [0.5, 0.6) is 0 Å². The fourth-order valence-corrected chi connectivity index (χ4v) is 2.32. The Labute approximate surface area is 125 Å². The summed E-state index contributed by atoms with van der Waals surface area (Å²) in [5.41, 5.74) is 8.74. The van der Waals surface area contributed by atoms with Gasteiger partial charge in [-0.1, -0.05) is 0 Å². The smallest absolute Gasteiger partial charge is 0.0763 e. The Morgan fingerprint density at radius 1 is 1.38 bits per heavy atom. The summed E-state index contributed by atoms with van der Waals surface area (Å²) >= 11 is 0. The molecule has 0 atom stereocenters. The number of aliphatic hydroxyl groups excluding tert-OH is 1. The second kappa shape index (κ2) is 7.35. The quantitative estimate of drug-likeness (QED) is 0.720. The van der Waals surface area contributed by atoms with E-state index in [9.17, 15) is 5.11 Å². The van der Waals surface area contributed by atoms with Crippen LogP contribution >= 0.6 is 0 Å². The van der Waals surface area contributed by atoms with Crippen molar-refractivity contribution in [3.05, 3.63) is 35.4 Å². The molecule has 2 aromatic rings. The fourth-order valence-electron chi connectivity index (χ4n) is 2.32. The van der Waals surface area contributed by atoms with Crippen LogP contribution in [-0.2, 0) is 33.2 Å². The van der Waals surface area contributed by atoms with E-state index < -0.39 is 0 Å². The Morgan fingerprint density at radius 2 is 2.19 bits per heavy atom. The van der Waals surface area contributed by atoms with Crippen molar-refractivity contribution in [2.75, 3.05) is 13.2 Å². The molecule has 7 heteroatoms. The Balaban J connectivity index is 2.05. The van der Waals surface area contributed by atoms with Crippen molar-refractivity contribution in [2.45, 2.75) is 33.1 Å². The number of nitrogens with zero attached hydrogens (tertiary/aromatic N) is 5. The van der Waals surface area contributed by atoms with Gasteiger partial charge in [0.15, 0.2) is 0 Å². The van der Waals surface area contributed by atoms with E-state index in [2.05, 4.69) is 22.0 Å². The molecule has 0 aliphatic rings. The highest BCUT2D eigenvalue weighted by Gasteiger charge is 2.12. The summed E-state index contributed by atoms with van der Waals surface area (Å²) in [5.74, 6) is 0. The Bertz CT molecular complexity index is 562. The van der Waals surface area contributed by atoms with E-state index >= 15 is 0 Å². The maximum Gasteiger partial charge on any atom is 0.0763 e. The number of aromatic nitrogens is 4. The van der Waals surface area contributed by atoms with Gasteiger partial charge in [0.05, 0.1) is 24.2 Å². The van der Waals surface area contributed by atoms with Crippen LogP contribution in [0.3, 0.4) is 0 Å². The molecule has 21 heavy (non-hydrogen) atoms. The van der Waals surface area contributed by atoms with E-state index in [4.69, 9.17) is 5.73 Å².